The van der Waals surface area contributed by atoms with Gasteiger partial charge in [-0.15, -0.1) is 0 Å². The highest BCUT2D eigenvalue weighted by Gasteiger charge is 2.37. The number of nitrogens with zero attached hydrogens (tertiary/aromatic N) is 1. The van der Waals surface area contributed by atoms with Gasteiger partial charge < -0.3 is 15.3 Å². The minimum atomic E-state index is -0.813. The van der Waals surface area contributed by atoms with Crippen LogP contribution in [0.15, 0.2) is 0 Å². The molecular formula is C10H20N2O2. The van der Waals surface area contributed by atoms with Crippen molar-refractivity contribution in [3.8, 4) is 0 Å². The summed E-state index contributed by atoms with van der Waals surface area (Å²) in [4.78, 5) is 13.2. The van der Waals surface area contributed by atoms with Crippen molar-refractivity contribution < 1.29 is 9.90 Å². The molecule has 14 heavy (non-hydrogen) atoms. The largest absolute Gasteiger partial charge is 0.480 e. The molecule has 0 spiro atoms. The van der Waals surface area contributed by atoms with E-state index < -0.39 is 11.5 Å². The van der Waals surface area contributed by atoms with Crippen molar-refractivity contribution in [3.63, 3.8) is 0 Å². The van der Waals surface area contributed by atoms with Gasteiger partial charge in [-0.05, 0) is 33.4 Å². The maximum Gasteiger partial charge on any atom is 0.324 e. The standard InChI is InChI=1S/C10H20N2O2/c1-4-11-10(2,9(13)14)7-12(3)8-5-6-8/h8,11H,4-7H2,1-3H3,(H,13,14). The molecule has 2 N–H and O–H groups in total. The minimum absolute atomic E-state index is 0.570. The van der Waals surface area contributed by atoms with Crippen LogP contribution in [0.3, 0.4) is 0 Å². The third-order valence-electron chi connectivity index (χ3n) is 2.77. The Balaban J connectivity index is 2.52. The number of hydrogen-bond donors (Lipinski definition) is 2. The Kier molecular flexibility index (Phi) is 3.50. The number of rotatable bonds is 6. The number of carboxylic acid groups (broad SMARTS) is 1. The van der Waals surface area contributed by atoms with E-state index in [2.05, 4.69) is 10.2 Å². The summed E-state index contributed by atoms with van der Waals surface area (Å²) < 4.78 is 0. The van der Waals surface area contributed by atoms with Gasteiger partial charge in [0.1, 0.15) is 5.54 Å². The Morgan fingerprint density at radius 2 is 2.21 bits per heavy atom. The smallest absolute Gasteiger partial charge is 0.324 e. The molecule has 82 valence electrons. The fourth-order valence-electron chi connectivity index (χ4n) is 1.73. The highest BCUT2D eigenvalue weighted by molar-refractivity contribution is 5.78. The van der Waals surface area contributed by atoms with E-state index in [4.69, 9.17) is 5.11 Å². The zero-order valence-corrected chi connectivity index (χ0v) is 9.21. The summed E-state index contributed by atoms with van der Waals surface area (Å²) in [5.74, 6) is -0.771. The molecule has 4 heteroatoms. The number of aliphatic carboxylic acids is 1. The monoisotopic (exact) mass is 200 g/mol. The Morgan fingerprint density at radius 1 is 1.64 bits per heavy atom. The summed E-state index contributed by atoms with van der Waals surface area (Å²) in [5, 5.41) is 12.2. The van der Waals surface area contributed by atoms with E-state index in [0.717, 1.165) is 0 Å². The van der Waals surface area contributed by atoms with Crippen molar-refractivity contribution in [2.75, 3.05) is 20.1 Å². The lowest BCUT2D eigenvalue weighted by molar-refractivity contribution is -0.144. The second-order valence-corrected chi connectivity index (χ2v) is 4.31. The van der Waals surface area contributed by atoms with Crippen LogP contribution < -0.4 is 5.32 Å². The highest BCUT2D eigenvalue weighted by Crippen LogP contribution is 2.26. The van der Waals surface area contributed by atoms with Gasteiger partial charge in [-0.25, -0.2) is 0 Å². The van der Waals surface area contributed by atoms with Crippen LogP contribution in [0.4, 0.5) is 0 Å². The molecule has 0 aliphatic heterocycles. The molecule has 0 heterocycles. The average molecular weight is 200 g/mol. The van der Waals surface area contributed by atoms with Crippen molar-refractivity contribution >= 4 is 5.97 Å². The van der Waals surface area contributed by atoms with Crippen LogP contribution in [-0.2, 0) is 4.79 Å². The first-order chi connectivity index (χ1) is 6.49. The van der Waals surface area contributed by atoms with E-state index in [-0.39, 0.29) is 0 Å². The van der Waals surface area contributed by atoms with Gasteiger partial charge in [0.05, 0.1) is 0 Å². The zero-order valence-electron chi connectivity index (χ0n) is 9.21. The normalized spacial score (nSPS) is 20.9. The highest BCUT2D eigenvalue weighted by atomic mass is 16.4. The minimum Gasteiger partial charge on any atom is -0.480 e. The second-order valence-electron chi connectivity index (χ2n) is 4.31. The maximum atomic E-state index is 11.1. The lowest BCUT2D eigenvalue weighted by atomic mass is 10.0. The van der Waals surface area contributed by atoms with Gasteiger partial charge in [0.25, 0.3) is 0 Å². The second kappa shape index (κ2) is 4.28. The molecule has 1 rings (SSSR count). The molecule has 1 aliphatic rings. The van der Waals surface area contributed by atoms with Crippen LogP contribution in [0.25, 0.3) is 0 Å². The van der Waals surface area contributed by atoms with Gasteiger partial charge in [0.15, 0.2) is 0 Å². The Labute approximate surface area is 85.3 Å². The zero-order chi connectivity index (χ0) is 10.8. The van der Waals surface area contributed by atoms with Crippen LogP contribution in [0.5, 0.6) is 0 Å². The van der Waals surface area contributed by atoms with Crippen LogP contribution in [0, 0.1) is 0 Å². The first-order valence-corrected chi connectivity index (χ1v) is 5.18. The molecule has 1 fully saturated rings. The summed E-state index contributed by atoms with van der Waals surface area (Å²) >= 11 is 0. The summed E-state index contributed by atoms with van der Waals surface area (Å²) in [7, 11) is 2.00. The molecule has 0 radical (unpaired) electrons. The Morgan fingerprint density at radius 3 is 2.57 bits per heavy atom. The number of nitrogens with one attached hydrogen (secondary N) is 1. The molecule has 0 saturated heterocycles. The van der Waals surface area contributed by atoms with E-state index >= 15 is 0 Å². The van der Waals surface area contributed by atoms with Crippen LogP contribution in [0.1, 0.15) is 26.7 Å². The van der Waals surface area contributed by atoms with Gasteiger partial charge >= 0.3 is 5.97 Å². The molecular weight excluding hydrogens is 180 g/mol. The number of likely N-dealkylation sites (N-methyl/N-ethyl adjacent to an activating group) is 2. The quantitative estimate of drug-likeness (QED) is 0.657. The Hall–Kier alpha value is -0.610. The molecule has 0 aromatic heterocycles. The summed E-state index contributed by atoms with van der Waals surface area (Å²) in [5.41, 5.74) is -0.813. The molecule has 0 amide bonds. The molecule has 1 atom stereocenters. The molecule has 4 nitrogen and oxygen atoms in total. The number of carboxylic acids is 1. The van der Waals surface area contributed by atoms with Crippen molar-refractivity contribution in [2.45, 2.75) is 38.3 Å². The summed E-state index contributed by atoms with van der Waals surface area (Å²) in [6, 6.07) is 0.604. The third-order valence-corrected chi connectivity index (χ3v) is 2.77. The van der Waals surface area contributed by atoms with Gasteiger partial charge in [-0.3, -0.25) is 4.79 Å². The molecule has 0 aromatic carbocycles. The van der Waals surface area contributed by atoms with Gasteiger partial charge in [0.2, 0.25) is 0 Å². The molecule has 1 saturated carbocycles. The topological polar surface area (TPSA) is 52.6 Å². The maximum absolute atomic E-state index is 11.1. The van der Waals surface area contributed by atoms with E-state index in [0.29, 0.717) is 19.1 Å². The van der Waals surface area contributed by atoms with Crippen LogP contribution in [-0.4, -0.2) is 47.7 Å². The lowest BCUT2D eigenvalue weighted by Crippen LogP contribution is -2.56. The molecule has 0 aromatic rings. The number of carbonyl (C=O) groups is 1. The van der Waals surface area contributed by atoms with E-state index in [9.17, 15) is 4.79 Å². The SMILES string of the molecule is CCNC(C)(CN(C)C1CC1)C(=O)O. The fourth-order valence-corrected chi connectivity index (χ4v) is 1.73. The van der Waals surface area contributed by atoms with Gasteiger partial charge in [0, 0.05) is 12.6 Å². The fraction of sp³-hybridized carbons (Fsp3) is 0.900. The predicted molar refractivity (Wildman–Crippen MR) is 55.4 cm³/mol. The van der Waals surface area contributed by atoms with Crippen LogP contribution in [0.2, 0.25) is 0 Å². The van der Waals surface area contributed by atoms with Gasteiger partial charge in [-0.1, -0.05) is 6.92 Å². The average Bonchev–Trinajstić information content (AvgIpc) is 2.85. The van der Waals surface area contributed by atoms with E-state index in [1.54, 1.807) is 6.92 Å². The predicted octanol–water partition coefficient (Wildman–Crippen LogP) is 0.533. The number of hydrogen-bond acceptors (Lipinski definition) is 3. The van der Waals surface area contributed by atoms with Gasteiger partial charge in [-0.2, -0.15) is 0 Å². The van der Waals surface area contributed by atoms with E-state index in [1.165, 1.54) is 12.8 Å². The first-order valence-electron chi connectivity index (χ1n) is 5.18. The van der Waals surface area contributed by atoms with Crippen molar-refractivity contribution in [2.24, 2.45) is 0 Å². The summed E-state index contributed by atoms with van der Waals surface area (Å²) in [6.45, 7) is 4.93. The van der Waals surface area contributed by atoms with Crippen molar-refractivity contribution in [1.82, 2.24) is 10.2 Å². The van der Waals surface area contributed by atoms with Crippen molar-refractivity contribution in [3.05, 3.63) is 0 Å². The third kappa shape index (κ3) is 2.69. The molecule has 0 bridgehead atoms. The summed E-state index contributed by atoms with van der Waals surface area (Å²) in [6.07, 6.45) is 2.41. The van der Waals surface area contributed by atoms with E-state index in [1.807, 2.05) is 14.0 Å². The first kappa shape index (κ1) is 11.5. The molecule has 1 aliphatic carbocycles. The van der Waals surface area contributed by atoms with Crippen LogP contribution >= 0.6 is 0 Å². The molecule has 1 unspecified atom stereocenters. The Bertz CT molecular complexity index is 216. The van der Waals surface area contributed by atoms with Crippen molar-refractivity contribution in [1.29, 1.82) is 0 Å². The lowest BCUT2D eigenvalue weighted by Gasteiger charge is -2.30.